The van der Waals surface area contributed by atoms with Crippen LogP contribution in [-0.2, 0) is 22.6 Å². The topological polar surface area (TPSA) is 82.4 Å². The number of ether oxygens (including phenoxy) is 1. The second-order valence-electron chi connectivity index (χ2n) is 7.79. The molecule has 1 aliphatic heterocycles. The second-order valence-corrected chi connectivity index (χ2v) is 8.90. The number of nitrogens with zero attached hydrogens (tertiary/aromatic N) is 2. The van der Waals surface area contributed by atoms with Crippen LogP contribution in [0.4, 0.5) is 5.00 Å². The Kier molecular flexibility index (Phi) is 7.69. The van der Waals surface area contributed by atoms with Crippen molar-refractivity contribution < 1.29 is 14.3 Å². The number of hydrogen-bond donors (Lipinski definition) is 1. The highest BCUT2D eigenvalue weighted by molar-refractivity contribution is 7.16. The van der Waals surface area contributed by atoms with Gasteiger partial charge in [-0.1, -0.05) is 26.0 Å². The zero-order valence-corrected chi connectivity index (χ0v) is 19.2. The number of nitrogens with one attached hydrogen (secondary N) is 1. The fraction of sp³-hybridized carbons (Fsp3) is 0.458. The molecule has 164 valence electrons. The van der Waals surface area contributed by atoms with Crippen molar-refractivity contribution in [2.45, 2.75) is 58.9 Å². The molecule has 0 fully saturated rings. The molecule has 7 heteroatoms. The summed E-state index contributed by atoms with van der Waals surface area (Å²) in [6.07, 6.45) is 2.33. The Bertz CT molecular complexity index is 992. The standard InChI is InChI=1S/C24H29N3O3S/c1-4-7-23(29)27-11-10-19-20(14-25)24(31-21(19)15-27)26-22(28)12-16(3)17-8-6-9-18(13-17)30-5-2/h6,8-9,13,16H,4-5,7,10-12,15H2,1-3H3,(H,26,28). The molecule has 1 aromatic heterocycles. The molecule has 1 aromatic carbocycles. The molecule has 3 rings (SSSR count). The lowest BCUT2D eigenvalue weighted by Crippen LogP contribution is -2.35. The summed E-state index contributed by atoms with van der Waals surface area (Å²) in [4.78, 5) is 27.8. The highest BCUT2D eigenvalue weighted by Crippen LogP contribution is 2.37. The highest BCUT2D eigenvalue weighted by Gasteiger charge is 2.27. The van der Waals surface area contributed by atoms with E-state index in [-0.39, 0.29) is 17.7 Å². The van der Waals surface area contributed by atoms with Crippen LogP contribution in [-0.4, -0.2) is 29.9 Å². The number of rotatable bonds is 8. The van der Waals surface area contributed by atoms with Crippen LogP contribution in [0.1, 0.15) is 67.5 Å². The molecule has 1 N–H and O–H groups in total. The molecule has 0 saturated carbocycles. The van der Waals surface area contributed by atoms with Gasteiger partial charge in [-0.3, -0.25) is 9.59 Å². The molecule has 0 spiro atoms. The summed E-state index contributed by atoms with van der Waals surface area (Å²) in [5.74, 6) is 0.840. The fourth-order valence-electron chi connectivity index (χ4n) is 3.85. The molecule has 2 amide bonds. The number of anilines is 1. The summed E-state index contributed by atoms with van der Waals surface area (Å²) in [6, 6.07) is 10.1. The largest absolute Gasteiger partial charge is 0.494 e. The van der Waals surface area contributed by atoms with Gasteiger partial charge in [0.15, 0.2) is 0 Å². The SMILES string of the molecule is CCCC(=O)N1CCc2c(sc(NC(=O)CC(C)c3cccc(OCC)c3)c2C#N)C1. The lowest BCUT2D eigenvalue weighted by molar-refractivity contribution is -0.132. The van der Waals surface area contributed by atoms with Crippen molar-refractivity contribution in [3.63, 3.8) is 0 Å². The van der Waals surface area contributed by atoms with Crippen LogP contribution < -0.4 is 10.1 Å². The van der Waals surface area contributed by atoms with Crippen LogP contribution in [0.15, 0.2) is 24.3 Å². The van der Waals surface area contributed by atoms with E-state index in [1.807, 2.05) is 49.9 Å². The van der Waals surface area contributed by atoms with Gasteiger partial charge in [-0.2, -0.15) is 5.26 Å². The van der Waals surface area contributed by atoms with Crippen LogP contribution in [0.25, 0.3) is 0 Å². The summed E-state index contributed by atoms with van der Waals surface area (Å²) < 4.78 is 5.55. The number of carbonyl (C=O) groups is 2. The van der Waals surface area contributed by atoms with E-state index in [1.54, 1.807) is 0 Å². The molecule has 2 aromatic rings. The number of benzene rings is 1. The van der Waals surface area contributed by atoms with Gasteiger partial charge in [0.25, 0.3) is 0 Å². The number of amides is 2. The molecule has 31 heavy (non-hydrogen) atoms. The van der Waals surface area contributed by atoms with E-state index < -0.39 is 0 Å². The van der Waals surface area contributed by atoms with E-state index in [2.05, 4.69) is 11.4 Å². The third-order valence-corrected chi connectivity index (χ3v) is 6.60. The van der Waals surface area contributed by atoms with Crippen molar-refractivity contribution in [1.29, 1.82) is 5.26 Å². The van der Waals surface area contributed by atoms with Gasteiger partial charge >= 0.3 is 0 Å². The summed E-state index contributed by atoms with van der Waals surface area (Å²) in [5.41, 5.74) is 2.56. The van der Waals surface area contributed by atoms with Crippen LogP contribution in [0.5, 0.6) is 5.75 Å². The Labute approximate surface area is 187 Å². The maximum atomic E-state index is 12.7. The van der Waals surface area contributed by atoms with Gasteiger partial charge in [0, 0.05) is 24.3 Å². The van der Waals surface area contributed by atoms with Gasteiger partial charge in [-0.25, -0.2) is 0 Å². The molecule has 0 radical (unpaired) electrons. The van der Waals surface area contributed by atoms with Crippen molar-refractivity contribution in [1.82, 2.24) is 4.90 Å². The number of hydrogen-bond acceptors (Lipinski definition) is 5. The van der Waals surface area contributed by atoms with Crippen molar-refractivity contribution in [3.8, 4) is 11.8 Å². The van der Waals surface area contributed by atoms with Gasteiger partial charge in [0.1, 0.15) is 16.8 Å². The highest BCUT2D eigenvalue weighted by atomic mass is 32.1. The molecule has 1 unspecified atom stereocenters. The fourth-order valence-corrected chi connectivity index (χ4v) is 5.08. The minimum absolute atomic E-state index is 0.0164. The molecule has 0 aliphatic carbocycles. The third kappa shape index (κ3) is 5.45. The van der Waals surface area contributed by atoms with Crippen LogP contribution in [0, 0.1) is 11.3 Å². The van der Waals surface area contributed by atoms with Crippen LogP contribution in [0.2, 0.25) is 0 Å². The molecule has 0 saturated heterocycles. The lowest BCUT2D eigenvalue weighted by atomic mass is 9.97. The van der Waals surface area contributed by atoms with Crippen molar-refractivity contribution in [3.05, 3.63) is 45.8 Å². The molecule has 1 atom stereocenters. The average molecular weight is 440 g/mol. The number of nitriles is 1. The normalized spacial score (nSPS) is 13.8. The third-order valence-electron chi connectivity index (χ3n) is 5.47. The van der Waals surface area contributed by atoms with E-state index >= 15 is 0 Å². The van der Waals surface area contributed by atoms with E-state index in [0.717, 1.165) is 28.2 Å². The van der Waals surface area contributed by atoms with Crippen molar-refractivity contribution >= 4 is 28.2 Å². The lowest BCUT2D eigenvalue weighted by Gasteiger charge is -2.26. The van der Waals surface area contributed by atoms with E-state index in [9.17, 15) is 14.9 Å². The van der Waals surface area contributed by atoms with Crippen molar-refractivity contribution in [2.24, 2.45) is 0 Å². The Morgan fingerprint density at radius 3 is 2.87 bits per heavy atom. The van der Waals surface area contributed by atoms with Crippen LogP contribution >= 0.6 is 11.3 Å². The quantitative estimate of drug-likeness (QED) is 0.638. The predicted octanol–water partition coefficient (Wildman–Crippen LogP) is 4.84. The molecular formula is C24H29N3O3S. The number of fused-ring (bicyclic) bond motifs is 1. The van der Waals surface area contributed by atoms with Crippen molar-refractivity contribution in [2.75, 3.05) is 18.5 Å². The summed E-state index contributed by atoms with van der Waals surface area (Å²) in [6.45, 7) is 7.68. The number of thiophene rings is 1. The minimum atomic E-state index is -0.122. The Hall–Kier alpha value is -2.85. The Balaban J connectivity index is 1.69. The van der Waals surface area contributed by atoms with E-state index in [4.69, 9.17) is 4.74 Å². The Morgan fingerprint density at radius 1 is 1.35 bits per heavy atom. The molecular weight excluding hydrogens is 410 g/mol. The Morgan fingerprint density at radius 2 is 2.16 bits per heavy atom. The number of carbonyl (C=O) groups excluding carboxylic acids is 2. The summed E-state index contributed by atoms with van der Waals surface area (Å²) in [7, 11) is 0. The summed E-state index contributed by atoms with van der Waals surface area (Å²) in [5, 5.41) is 13.2. The first-order valence-electron chi connectivity index (χ1n) is 10.8. The average Bonchev–Trinajstić information content (AvgIpc) is 3.10. The smallest absolute Gasteiger partial charge is 0.225 e. The van der Waals surface area contributed by atoms with Gasteiger partial charge in [0.2, 0.25) is 11.8 Å². The van der Waals surface area contributed by atoms with Gasteiger partial charge < -0.3 is 15.0 Å². The van der Waals surface area contributed by atoms with Crippen LogP contribution in [0.3, 0.4) is 0 Å². The van der Waals surface area contributed by atoms with E-state index in [1.165, 1.54) is 11.3 Å². The van der Waals surface area contributed by atoms with Gasteiger partial charge in [-0.05, 0) is 48.9 Å². The monoisotopic (exact) mass is 439 g/mol. The maximum Gasteiger partial charge on any atom is 0.225 e. The zero-order valence-electron chi connectivity index (χ0n) is 18.4. The van der Waals surface area contributed by atoms with Gasteiger partial charge in [-0.15, -0.1) is 11.3 Å². The molecule has 0 bridgehead atoms. The first-order chi connectivity index (χ1) is 15.0. The van der Waals surface area contributed by atoms with Gasteiger partial charge in [0.05, 0.1) is 18.7 Å². The first-order valence-corrected chi connectivity index (χ1v) is 11.6. The molecule has 6 nitrogen and oxygen atoms in total. The van der Waals surface area contributed by atoms with E-state index in [0.29, 0.717) is 49.5 Å². The maximum absolute atomic E-state index is 12.7. The first kappa shape index (κ1) is 22.8. The predicted molar refractivity (Wildman–Crippen MR) is 122 cm³/mol. The molecule has 1 aliphatic rings. The summed E-state index contributed by atoms with van der Waals surface area (Å²) >= 11 is 1.42. The molecule has 2 heterocycles. The minimum Gasteiger partial charge on any atom is -0.494 e. The zero-order chi connectivity index (χ0) is 22.4. The second kappa shape index (κ2) is 10.5.